The fraction of sp³-hybridized carbons (Fsp3) is 0.0758. The SMILES string of the molecule is Cc1ccc(C(=O)c2ccc(Oc3ccc(C(c4ccc(Oc5ccc(C(=O)c6ccc(-c7ccc(C)c(C(=O)c8ccc(Oc9ccc%10cc(S(=O)(=O)O)cc(SOOO)c%10c9)cc8)c7)cc6)cc5)cc4)(C(F)(F)F)C(F)(F)F)cc3)cc2)cc1. The summed E-state index contributed by atoms with van der Waals surface area (Å²) in [5.41, 5.74) is -1.43. The summed E-state index contributed by atoms with van der Waals surface area (Å²) in [6.07, 6.45) is -11.7. The Balaban J connectivity index is 0.776. The van der Waals surface area contributed by atoms with Crippen molar-refractivity contribution in [2.45, 2.75) is 41.4 Å². The average molecular weight is 1210 g/mol. The van der Waals surface area contributed by atoms with Crippen LogP contribution in [-0.2, 0) is 24.9 Å². The summed E-state index contributed by atoms with van der Waals surface area (Å²) in [7, 11) is -4.58. The van der Waals surface area contributed by atoms with E-state index in [1.165, 1.54) is 54.6 Å². The maximum atomic E-state index is 15.1. The zero-order chi connectivity index (χ0) is 61.1. The number of ketones is 3. The third-order valence-electron chi connectivity index (χ3n) is 14.1. The summed E-state index contributed by atoms with van der Waals surface area (Å²) in [4.78, 5) is 40.2. The fourth-order valence-corrected chi connectivity index (χ4v) is 10.8. The van der Waals surface area contributed by atoms with E-state index in [1.807, 2.05) is 13.0 Å². The molecule has 20 heteroatoms. The van der Waals surface area contributed by atoms with Crippen molar-refractivity contribution < 1.29 is 82.5 Å². The Labute approximate surface area is 491 Å². The van der Waals surface area contributed by atoms with Crippen LogP contribution in [0.5, 0.6) is 34.5 Å². The lowest BCUT2D eigenvalue weighted by molar-refractivity contribution is -0.432. The van der Waals surface area contributed by atoms with E-state index in [0.29, 0.717) is 103 Å². The number of rotatable bonds is 19. The molecule has 0 atom stereocenters. The minimum Gasteiger partial charge on any atom is -0.457 e. The quantitative estimate of drug-likeness (QED) is 0.0196. The number of alkyl halides is 6. The zero-order valence-electron chi connectivity index (χ0n) is 44.8. The Morgan fingerprint density at radius 1 is 0.442 bits per heavy atom. The van der Waals surface area contributed by atoms with Gasteiger partial charge in [0.05, 0.1) is 16.9 Å². The predicted octanol–water partition coefficient (Wildman–Crippen LogP) is 17.3. The molecule has 0 spiro atoms. The van der Waals surface area contributed by atoms with Gasteiger partial charge in [0.2, 0.25) is 5.41 Å². The Kier molecular flexibility index (Phi) is 16.9. The Morgan fingerprint density at radius 2 is 0.826 bits per heavy atom. The molecule has 0 aromatic heterocycles. The van der Waals surface area contributed by atoms with E-state index < -0.39 is 43.9 Å². The lowest BCUT2D eigenvalue weighted by Gasteiger charge is -2.38. The molecule has 0 saturated carbocycles. The third kappa shape index (κ3) is 12.7. The first-order valence-electron chi connectivity index (χ1n) is 25.8. The van der Waals surface area contributed by atoms with Crippen molar-refractivity contribution in [2.75, 3.05) is 0 Å². The molecule has 0 unspecified atom stereocenters. The van der Waals surface area contributed by atoms with E-state index >= 15 is 26.3 Å². The summed E-state index contributed by atoms with van der Waals surface area (Å²) in [6, 6.07) is 51.1. The molecule has 0 radical (unpaired) electrons. The molecule has 10 aromatic rings. The molecule has 0 aliphatic rings. The van der Waals surface area contributed by atoms with Gasteiger partial charge in [-0.25, -0.2) is 5.26 Å². The van der Waals surface area contributed by atoms with Crippen LogP contribution in [0.25, 0.3) is 21.9 Å². The Bertz CT molecular complexity index is 4260. The van der Waals surface area contributed by atoms with E-state index in [0.717, 1.165) is 35.9 Å². The van der Waals surface area contributed by atoms with Crippen molar-refractivity contribution in [3.8, 4) is 45.6 Å². The number of carbonyl (C=O) groups excluding carboxylic acids is 3. The van der Waals surface area contributed by atoms with Gasteiger partial charge in [0.15, 0.2) is 17.3 Å². The van der Waals surface area contributed by atoms with Gasteiger partial charge in [-0.2, -0.15) is 34.8 Å². The molecule has 0 fully saturated rings. The van der Waals surface area contributed by atoms with Crippen molar-refractivity contribution in [1.82, 2.24) is 0 Å². The molecule has 0 aliphatic heterocycles. The number of aryl methyl sites for hydroxylation is 2. The van der Waals surface area contributed by atoms with Crippen LogP contribution in [0.15, 0.2) is 228 Å². The largest absolute Gasteiger partial charge is 0.457 e. The van der Waals surface area contributed by atoms with Crippen LogP contribution in [-0.4, -0.2) is 47.9 Å². The van der Waals surface area contributed by atoms with E-state index in [2.05, 4.69) is 9.37 Å². The second-order valence-electron chi connectivity index (χ2n) is 19.6. The highest BCUT2D eigenvalue weighted by atomic mass is 32.2. The summed E-state index contributed by atoms with van der Waals surface area (Å²) in [5.74, 6) is 0.0113. The summed E-state index contributed by atoms with van der Waals surface area (Å²) in [6.45, 7) is 3.68. The number of benzene rings is 10. The number of fused-ring (bicyclic) bond motifs is 1. The summed E-state index contributed by atoms with van der Waals surface area (Å²) < 4.78 is 146. The third-order valence-corrected chi connectivity index (χ3v) is 15.5. The zero-order valence-corrected chi connectivity index (χ0v) is 46.5. The average Bonchev–Trinajstić information content (AvgIpc) is 0.764. The predicted molar refractivity (Wildman–Crippen MR) is 308 cm³/mol. The maximum Gasteiger partial charge on any atom is 0.411 e. The van der Waals surface area contributed by atoms with Crippen LogP contribution in [0.3, 0.4) is 0 Å². The van der Waals surface area contributed by atoms with Gasteiger partial charge in [0.25, 0.3) is 10.1 Å². The highest BCUT2D eigenvalue weighted by molar-refractivity contribution is 7.94. The molecule has 0 bridgehead atoms. The summed E-state index contributed by atoms with van der Waals surface area (Å²) >= 11 is 0.501. The number of ether oxygens (including phenoxy) is 3. The van der Waals surface area contributed by atoms with Gasteiger partial charge >= 0.3 is 12.4 Å². The molecule has 10 aromatic carbocycles. The van der Waals surface area contributed by atoms with Crippen LogP contribution in [0, 0.1) is 13.8 Å². The highest BCUT2D eigenvalue weighted by Gasteiger charge is 2.72. The molecule has 0 heterocycles. The number of halogens is 6. The first-order chi connectivity index (χ1) is 41.0. The van der Waals surface area contributed by atoms with Crippen molar-refractivity contribution >= 4 is 50.3 Å². The lowest BCUT2D eigenvalue weighted by Crippen LogP contribution is -2.54. The first kappa shape index (κ1) is 59.7. The van der Waals surface area contributed by atoms with Gasteiger partial charge in [-0.05, 0) is 174 Å². The molecule has 0 saturated heterocycles. The molecular formula is C66H44F6O12S2. The second kappa shape index (κ2) is 24.3. The molecule has 0 aliphatic carbocycles. The van der Waals surface area contributed by atoms with Crippen molar-refractivity contribution in [3.05, 3.63) is 274 Å². The van der Waals surface area contributed by atoms with Gasteiger partial charge in [-0.3, -0.25) is 18.9 Å². The molecule has 12 nitrogen and oxygen atoms in total. The van der Waals surface area contributed by atoms with Crippen LogP contribution < -0.4 is 14.2 Å². The Hall–Kier alpha value is -9.41. The van der Waals surface area contributed by atoms with E-state index in [9.17, 15) is 27.4 Å². The van der Waals surface area contributed by atoms with Gasteiger partial charge in [0, 0.05) is 43.7 Å². The monoisotopic (exact) mass is 1210 g/mol. The standard InChI is InChI=1S/C66H44F6O12S2/c1-39-3-6-42(7-4-39)61(73)44-13-24-51(25-14-44)80-54-31-20-49(21-32-54)64(65(67,68)69,66(70,71)72)50-22-33-55(34-23-50)81-52-26-15-45(16-27-52)62(74)43-11-9-41(10-12-43)47-8-5-40(2)58(36-47)63(75)46-17-28-53(29-18-46)82-56-30-19-48-35-57(86(77,78)79)38-60(59(48)37-56)85-84-83-76/h3-38,76H,1-2H3,(H,77,78,79). The minimum absolute atomic E-state index is 0.0488. The van der Waals surface area contributed by atoms with E-state index in [1.54, 1.807) is 110 Å². The normalized spacial score (nSPS) is 12.0. The first-order valence-corrected chi connectivity index (χ1v) is 28.0. The molecule has 86 heavy (non-hydrogen) atoms. The van der Waals surface area contributed by atoms with Crippen molar-refractivity contribution in [2.24, 2.45) is 0 Å². The second-order valence-corrected chi connectivity index (χ2v) is 21.8. The number of carbonyl (C=O) groups is 3. The topological polar surface area (TPSA) is 172 Å². The fourth-order valence-electron chi connectivity index (χ4n) is 9.62. The molecule has 0 amide bonds. The molecule has 2 N–H and O–H groups in total. The van der Waals surface area contributed by atoms with Crippen LogP contribution in [0.2, 0.25) is 0 Å². The van der Waals surface area contributed by atoms with Crippen LogP contribution in [0.4, 0.5) is 26.3 Å². The molecule has 10 rings (SSSR count). The minimum atomic E-state index is -5.86. The maximum absolute atomic E-state index is 15.1. The Morgan fingerprint density at radius 3 is 1.26 bits per heavy atom. The van der Waals surface area contributed by atoms with Crippen LogP contribution >= 0.6 is 12.0 Å². The molecule has 434 valence electrons. The van der Waals surface area contributed by atoms with Crippen molar-refractivity contribution in [1.29, 1.82) is 0 Å². The molecular weight excluding hydrogens is 1160 g/mol. The van der Waals surface area contributed by atoms with Gasteiger partial charge in [0.1, 0.15) is 34.5 Å². The highest BCUT2D eigenvalue weighted by Crippen LogP contribution is 2.56. The van der Waals surface area contributed by atoms with Crippen molar-refractivity contribution in [3.63, 3.8) is 0 Å². The number of hydrogen-bond donors (Lipinski definition) is 2. The van der Waals surface area contributed by atoms with E-state index in [4.69, 9.17) is 19.5 Å². The van der Waals surface area contributed by atoms with Gasteiger partial charge in [-0.1, -0.05) is 102 Å². The number of hydrogen-bond acceptors (Lipinski definition) is 12. The summed E-state index contributed by atoms with van der Waals surface area (Å²) in [5, 5.41) is 13.2. The smallest absolute Gasteiger partial charge is 0.411 e. The van der Waals surface area contributed by atoms with Crippen LogP contribution in [0.1, 0.15) is 70.0 Å². The van der Waals surface area contributed by atoms with Gasteiger partial charge < -0.3 is 14.2 Å². The van der Waals surface area contributed by atoms with E-state index in [-0.39, 0.29) is 50.8 Å². The van der Waals surface area contributed by atoms with Gasteiger partial charge in [-0.15, -0.1) is 4.33 Å². The lowest BCUT2D eigenvalue weighted by atomic mass is 9.73.